The third kappa shape index (κ3) is 2.83. The highest BCUT2D eigenvalue weighted by atomic mass is 32.1. The van der Waals surface area contributed by atoms with Crippen LogP contribution in [0.2, 0.25) is 0 Å². The quantitative estimate of drug-likeness (QED) is 0.866. The molecule has 0 radical (unpaired) electrons. The number of rotatable bonds is 5. The van der Waals surface area contributed by atoms with Crippen molar-refractivity contribution in [3.05, 3.63) is 33.6 Å². The first-order valence-corrected chi connectivity index (χ1v) is 6.82. The number of nitrogens with one attached hydrogen (secondary N) is 2. The van der Waals surface area contributed by atoms with Crippen molar-refractivity contribution in [2.24, 2.45) is 0 Å². The normalized spacial score (nSPS) is 12.6. The predicted octanol–water partition coefficient (Wildman–Crippen LogP) is 1.95. The highest BCUT2D eigenvalue weighted by Gasteiger charge is 2.14. The van der Waals surface area contributed by atoms with Gasteiger partial charge in [0, 0.05) is 6.07 Å². The number of nitrogens with zero attached hydrogens (tertiary/aromatic N) is 2. The molecule has 2 heterocycles. The summed E-state index contributed by atoms with van der Waals surface area (Å²) in [5.74, 6) is 0. The average molecular weight is 264 g/mol. The van der Waals surface area contributed by atoms with Gasteiger partial charge in [-0.2, -0.15) is 0 Å². The fraction of sp³-hybridized carbons (Fsp3) is 0.417. The topological polar surface area (TPSA) is 70.7 Å². The highest BCUT2D eigenvalue weighted by Crippen LogP contribution is 2.26. The van der Waals surface area contributed by atoms with Crippen molar-refractivity contribution in [2.45, 2.75) is 26.3 Å². The van der Waals surface area contributed by atoms with Gasteiger partial charge in [0.15, 0.2) is 5.01 Å². The van der Waals surface area contributed by atoms with E-state index in [1.807, 2.05) is 6.07 Å². The van der Waals surface area contributed by atoms with Crippen LogP contribution in [0.5, 0.6) is 0 Å². The fourth-order valence-electron chi connectivity index (χ4n) is 1.71. The third-order valence-corrected chi connectivity index (χ3v) is 3.67. The Kier molecular flexibility index (Phi) is 4.22. The number of hydrogen-bond donors (Lipinski definition) is 2. The van der Waals surface area contributed by atoms with Gasteiger partial charge in [0.25, 0.3) is 0 Å². The first-order valence-electron chi connectivity index (χ1n) is 6.01. The van der Waals surface area contributed by atoms with E-state index in [4.69, 9.17) is 0 Å². The van der Waals surface area contributed by atoms with E-state index < -0.39 is 0 Å². The van der Waals surface area contributed by atoms with Gasteiger partial charge in [-0.25, -0.2) is 0 Å². The van der Waals surface area contributed by atoms with Crippen molar-refractivity contribution in [2.75, 3.05) is 6.54 Å². The molecule has 2 aromatic rings. The molecule has 0 saturated carbocycles. The zero-order valence-corrected chi connectivity index (χ0v) is 11.3. The number of hydrogen-bond acceptors (Lipinski definition) is 5. The molecule has 0 aromatic carbocycles. The van der Waals surface area contributed by atoms with Crippen LogP contribution in [0.25, 0.3) is 10.7 Å². The average Bonchev–Trinajstić information content (AvgIpc) is 2.85. The van der Waals surface area contributed by atoms with E-state index in [0.717, 1.165) is 28.7 Å². The third-order valence-electron chi connectivity index (χ3n) is 2.60. The van der Waals surface area contributed by atoms with Crippen LogP contribution >= 0.6 is 11.3 Å². The first-order chi connectivity index (χ1) is 8.74. The van der Waals surface area contributed by atoms with Crippen molar-refractivity contribution in [3.63, 3.8) is 0 Å². The Morgan fingerprint density at radius 2 is 2.22 bits per heavy atom. The van der Waals surface area contributed by atoms with E-state index in [0.29, 0.717) is 0 Å². The molecule has 0 amide bonds. The molecule has 0 aliphatic heterocycles. The molecule has 18 heavy (non-hydrogen) atoms. The lowest BCUT2D eigenvalue weighted by molar-refractivity contribution is 0.531. The summed E-state index contributed by atoms with van der Waals surface area (Å²) < 4.78 is 0. The molecular formula is C12H16N4OS. The summed E-state index contributed by atoms with van der Waals surface area (Å²) in [5.41, 5.74) is 0.598. The number of H-pyrrole nitrogens is 1. The van der Waals surface area contributed by atoms with E-state index in [-0.39, 0.29) is 11.6 Å². The van der Waals surface area contributed by atoms with E-state index in [1.54, 1.807) is 6.07 Å². The van der Waals surface area contributed by atoms with Gasteiger partial charge >= 0.3 is 0 Å². The summed E-state index contributed by atoms with van der Waals surface area (Å²) in [4.78, 5) is 14.0. The number of aromatic amines is 1. The Morgan fingerprint density at radius 3 is 2.89 bits per heavy atom. The van der Waals surface area contributed by atoms with Gasteiger partial charge < -0.3 is 10.3 Å². The van der Waals surface area contributed by atoms with Crippen LogP contribution in [0.15, 0.2) is 23.0 Å². The maximum Gasteiger partial charge on any atom is 0.248 e. The Bertz CT molecular complexity index is 563. The molecule has 2 rings (SSSR count). The summed E-state index contributed by atoms with van der Waals surface area (Å²) in [6, 6.07) is 5.27. The summed E-state index contributed by atoms with van der Waals surface area (Å²) in [6.07, 6.45) is 0.966. The second-order valence-corrected chi connectivity index (χ2v) is 4.90. The lowest BCUT2D eigenvalue weighted by Crippen LogP contribution is -2.19. The lowest BCUT2D eigenvalue weighted by atomic mass is 10.2. The SMILES string of the molecule is CCNC(CC)c1nnc(-c2cccc(=O)[nH]2)s1. The highest BCUT2D eigenvalue weighted by molar-refractivity contribution is 7.14. The largest absolute Gasteiger partial charge is 0.320 e. The molecule has 6 heteroatoms. The summed E-state index contributed by atoms with van der Waals surface area (Å²) in [5, 5.41) is 13.4. The Balaban J connectivity index is 2.27. The van der Waals surface area contributed by atoms with Crippen LogP contribution in [0.3, 0.4) is 0 Å². The molecule has 0 bridgehead atoms. The van der Waals surface area contributed by atoms with Crippen molar-refractivity contribution in [3.8, 4) is 10.7 Å². The summed E-state index contributed by atoms with van der Waals surface area (Å²) in [7, 11) is 0. The molecular weight excluding hydrogens is 248 g/mol. The Labute approximate surface area is 109 Å². The smallest absolute Gasteiger partial charge is 0.248 e. The van der Waals surface area contributed by atoms with Gasteiger partial charge in [0.2, 0.25) is 5.56 Å². The molecule has 2 aromatic heterocycles. The number of pyridine rings is 1. The van der Waals surface area contributed by atoms with Crippen molar-refractivity contribution >= 4 is 11.3 Å². The van der Waals surface area contributed by atoms with Gasteiger partial charge in [-0.05, 0) is 19.0 Å². The van der Waals surface area contributed by atoms with E-state index in [9.17, 15) is 4.79 Å². The lowest BCUT2D eigenvalue weighted by Gasteiger charge is -2.10. The fourth-order valence-corrected chi connectivity index (χ4v) is 2.69. The summed E-state index contributed by atoms with van der Waals surface area (Å²) >= 11 is 1.51. The molecule has 5 nitrogen and oxygen atoms in total. The zero-order chi connectivity index (χ0) is 13.0. The van der Waals surface area contributed by atoms with Crippen LogP contribution in [0.1, 0.15) is 31.3 Å². The van der Waals surface area contributed by atoms with Gasteiger partial charge in [0.1, 0.15) is 5.01 Å². The van der Waals surface area contributed by atoms with Crippen LogP contribution in [0, 0.1) is 0 Å². The molecule has 1 atom stereocenters. The molecule has 1 unspecified atom stereocenters. The van der Waals surface area contributed by atoms with E-state index in [1.165, 1.54) is 17.4 Å². The second kappa shape index (κ2) is 5.88. The molecule has 96 valence electrons. The van der Waals surface area contributed by atoms with Crippen LogP contribution in [0.4, 0.5) is 0 Å². The molecule has 0 aliphatic carbocycles. The molecule has 0 aliphatic rings. The van der Waals surface area contributed by atoms with Gasteiger partial charge in [0.05, 0.1) is 11.7 Å². The monoisotopic (exact) mass is 264 g/mol. The van der Waals surface area contributed by atoms with Gasteiger partial charge in [-0.1, -0.05) is 31.3 Å². The summed E-state index contributed by atoms with van der Waals surface area (Å²) in [6.45, 7) is 5.08. The predicted molar refractivity (Wildman–Crippen MR) is 72.7 cm³/mol. The first kappa shape index (κ1) is 12.9. The maximum atomic E-state index is 11.3. The van der Waals surface area contributed by atoms with Crippen LogP contribution in [-0.4, -0.2) is 21.7 Å². The van der Waals surface area contributed by atoms with Crippen LogP contribution in [-0.2, 0) is 0 Å². The minimum Gasteiger partial charge on any atom is -0.320 e. The van der Waals surface area contributed by atoms with Crippen molar-refractivity contribution < 1.29 is 0 Å². The van der Waals surface area contributed by atoms with Gasteiger partial charge in [-0.3, -0.25) is 4.79 Å². The molecule has 2 N–H and O–H groups in total. The Hall–Kier alpha value is -1.53. The van der Waals surface area contributed by atoms with E-state index >= 15 is 0 Å². The van der Waals surface area contributed by atoms with E-state index in [2.05, 4.69) is 34.3 Å². The van der Waals surface area contributed by atoms with Gasteiger partial charge in [-0.15, -0.1) is 10.2 Å². The Morgan fingerprint density at radius 1 is 1.39 bits per heavy atom. The minimum absolute atomic E-state index is 0.122. The number of aromatic nitrogens is 3. The second-order valence-electron chi connectivity index (χ2n) is 3.89. The minimum atomic E-state index is -0.122. The molecule has 0 fully saturated rings. The molecule has 0 spiro atoms. The van der Waals surface area contributed by atoms with Crippen LogP contribution < -0.4 is 10.9 Å². The zero-order valence-electron chi connectivity index (χ0n) is 10.4. The van der Waals surface area contributed by atoms with Crippen molar-refractivity contribution in [1.29, 1.82) is 0 Å². The standard InChI is InChI=1S/C12H16N4OS/c1-3-8(13-4-2)11-15-16-12(18-11)9-6-5-7-10(17)14-9/h5-8,13H,3-4H2,1-2H3,(H,14,17). The maximum absolute atomic E-state index is 11.3. The van der Waals surface area contributed by atoms with Crippen molar-refractivity contribution in [1.82, 2.24) is 20.5 Å². The molecule has 0 saturated heterocycles.